The van der Waals surface area contributed by atoms with Crippen LogP contribution >= 0.6 is 0 Å². The van der Waals surface area contributed by atoms with Gasteiger partial charge in [0.05, 0.1) is 12.6 Å². The largest absolute Gasteiger partial charge is 0.456 e. The maximum absolute atomic E-state index is 14.2. The summed E-state index contributed by atoms with van der Waals surface area (Å²) in [5, 5.41) is 19.4. The standard InChI is InChI=1S/C47H65N5O10/c1-11-28(3)40-43(56)49-33(8)47(60)62-41(29(4)12-2)31(6)37(53)24-23-30(5)46(59)61-38(26-35-21-17-14-18-22-35)42(55)48-32(7)44(57)52(10)36(25-34-19-15-13-16-20-34)45(58)51(9)27-39(54)50-40/h12-23,28,31-33,36-38,40-41,53H,11,24-27H2,1-10H3,(H,48,55)(H,49,56)(H,50,54)/b29-12+,30-23+/t28?,31-,32-,33+,36+,37-,38+,40-,41+/m0/s1. The van der Waals surface area contributed by atoms with Gasteiger partial charge in [0, 0.05) is 38.4 Å². The zero-order valence-electron chi connectivity index (χ0n) is 37.7. The normalized spacial score (nSPS) is 27.8. The molecule has 0 aromatic heterocycles. The Kier molecular flexibility index (Phi) is 19.5. The summed E-state index contributed by atoms with van der Waals surface area (Å²) in [4.78, 5) is 98.8. The molecular weight excluding hydrogens is 795 g/mol. The number of aliphatic hydroxyl groups is 1. The molecule has 2 aromatic rings. The number of benzene rings is 2. The van der Waals surface area contributed by atoms with E-state index in [9.17, 15) is 38.7 Å². The average molecular weight is 860 g/mol. The first-order valence-electron chi connectivity index (χ1n) is 21.2. The monoisotopic (exact) mass is 859 g/mol. The van der Waals surface area contributed by atoms with Gasteiger partial charge in [0.25, 0.3) is 5.91 Å². The van der Waals surface area contributed by atoms with E-state index < -0.39 is 96.4 Å². The van der Waals surface area contributed by atoms with Gasteiger partial charge in [0.1, 0.15) is 30.3 Å². The van der Waals surface area contributed by atoms with E-state index in [1.807, 2.05) is 13.0 Å². The highest BCUT2D eigenvalue weighted by Gasteiger charge is 2.36. The van der Waals surface area contributed by atoms with E-state index in [-0.39, 0.29) is 30.8 Å². The van der Waals surface area contributed by atoms with Crippen LogP contribution in [0.25, 0.3) is 0 Å². The van der Waals surface area contributed by atoms with Crippen molar-refractivity contribution in [1.29, 1.82) is 0 Å². The van der Waals surface area contributed by atoms with Crippen molar-refractivity contribution in [3.63, 3.8) is 0 Å². The molecule has 0 spiro atoms. The van der Waals surface area contributed by atoms with Crippen molar-refractivity contribution in [2.75, 3.05) is 20.6 Å². The van der Waals surface area contributed by atoms with Crippen LogP contribution in [0.15, 0.2) is 84.0 Å². The minimum atomic E-state index is -1.37. The molecule has 15 heteroatoms. The third-order valence-electron chi connectivity index (χ3n) is 11.4. The van der Waals surface area contributed by atoms with Crippen LogP contribution < -0.4 is 16.0 Å². The van der Waals surface area contributed by atoms with Crippen molar-refractivity contribution in [2.45, 2.75) is 124 Å². The summed E-state index contributed by atoms with van der Waals surface area (Å²) < 4.78 is 11.6. The molecule has 1 heterocycles. The number of esters is 2. The Morgan fingerprint density at radius 3 is 1.95 bits per heavy atom. The fraction of sp³-hybridized carbons (Fsp3) is 0.511. The number of ether oxygens (including phenoxy) is 2. The van der Waals surface area contributed by atoms with Gasteiger partial charge in [-0.15, -0.1) is 0 Å². The average Bonchev–Trinajstić information content (AvgIpc) is 3.26. The Labute approximate surface area is 365 Å². The van der Waals surface area contributed by atoms with Crippen LogP contribution in [0.5, 0.6) is 0 Å². The number of likely N-dealkylation sites (N-methyl/N-ethyl adjacent to an activating group) is 2. The maximum atomic E-state index is 14.2. The van der Waals surface area contributed by atoms with E-state index in [0.29, 0.717) is 17.6 Å². The molecule has 62 heavy (non-hydrogen) atoms. The Bertz CT molecular complexity index is 1940. The van der Waals surface area contributed by atoms with Crippen molar-refractivity contribution >= 4 is 41.5 Å². The highest BCUT2D eigenvalue weighted by molar-refractivity contribution is 5.96. The van der Waals surface area contributed by atoms with E-state index in [4.69, 9.17) is 9.47 Å². The molecule has 0 saturated heterocycles. The fourth-order valence-electron chi connectivity index (χ4n) is 6.93. The summed E-state index contributed by atoms with van der Waals surface area (Å²) in [6.45, 7) is 12.7. The Morgan fingerprint density at radius 2 is 1.39 bits per heavy atom. The van der Waals surface area contributed by atoms with Gasteiger partial charge in [0.2, 0.25) is 23.6 Å². The quantitative estimate of drug-likeness (QED) is 0.236. The van der Waals surface area contributed by atoms with Gasteiger partial charge in [-0.1, -0.05) is 100 Å². The first kappa shape index (κ1) is 50.5. The molecule has 1 aliphatic heterocycles. The summed E-state index contributed by atoms with van der Waals surface area (Å²) in [5.41, 5.74) is 2.16. The van der Waals surface area contributed by atoms with Gasteiger partial charge in [-0.25, -0.2) is 9.59 Å². The molecule has 0 radical (unpaired) electrons. The topological polar surface area (TPSA) is 201 Å². The molecular formula is C47H65N5O10. The minimum absolute atomic E-state index is 0.0173. The van der Waals surface area contributed by atoms with Crippen molar-refractivity contribution < 1.29 is 48.1 Å². The molecule has 0 bridgehead atoms. The van der Waals surface area contributed by atoms with E-state index in [2.05, 4.69) is 16.0 Å². The first-order valence-corrected chi connectivity index (χ1v) is 21.2. The summed E-state index contributed by atoms with van der Waals surface area (Å²) in [6, 6.07) is 13.3. The number of amides is 5. The van der Waals surface area contributed by atoms with Crippen LogP contribution in [0.2, 0.25) is 0 Å². The van der Waals surface area contributed by atoms with Gasteiger partial charge < -0.3 is 40.3 Å². The molecule has 0 saturated carbocycles. The Morgan fingerprint density at radius 1 is 0.823 bits per heavy atom. The number of hydrogen-bond acceptors (Lipinski definition) is 10. The van der Waals surface area contributed by atoms with Crippen LogP contribution in [0.4, 0.5) is 0 Å². The number of nitrogens with one attached hydrogen (secondary N) is 3. The second-order valence-electron chi connectivity index (χ2n) is 16.3. The SMILES string of the molecule is C/C=C(\C)[C@H]1OC(=O)[C@@H](C)NC(=O)[C@H](C(C)CC)NC(=O)CN(C)C(=O)[C@@H](Cc2ccccc2)N(C)C(=O)[C@H](C)NC(=O)[C@@H](Cc2ccccc2)OC(=O)/C(C)=C/C[C@H](O)[C@@H]1C. The summed E-state index contributed by atoms with van der Waals surface area (Å²) in [7, 11) is 2.84. The molecule has 15 nitrogen and oxygen atoms in total. The Hall–Kier alpha value is -5.83. The molecule has 0 aliphatic carbocycles. The second-order valence-corrected chi connectivity index (χ2v) is 16.3. The van der Waals surface area contributed by atoms with Crippen molar-refractivity contribution in [1.82, 2.24) is 25.8 Å². The van der Waals surface area contributed by atoms with E-state index in [1.165, 1.54) is 45.8 Å². The molecule has 338 valence electrons. The molecule has 3 rings (SSSR count). The van der Waals surface area contributed by atoms with Gasteiger partial charge >= 0.3 is 11.9 Å². The number of aliphatic hydroxyl groups excluding tert-OH is 1. The van der Waals surface area contributed by atoms with Gasteiger partial charge in [-0.3, -0.25) is 24.0 Å². The lowest BCUT2D eigenvalue weighted by molar-refractivity contribution is -0.155. The molecule has 1 unspecified atom stereocenters. The molecule has 2 aromatic carbocycles. The van der Waals surface area contributed by atoms with Crippen LogP contribution in [0, 0.1) is 11.8 Å². The second kappa shape index (κ2) is 24.0. The van der Waals surface area contributed by atoms with Crippen LogP contribution in [-0.4, -0.2) is 120 Å². The number of nitrogens with zero attached hydrogens (tertiary/aromatic N) is 2. The predicted octanol–water partition coefficient (Wildman–Crippen LogP) is 3.43. The van der Waals surface area contributed by atoms with Gasteiger partial charge in [-0.05, 0) is 63.7 Å². The number of carbonyl (C=O) groups is 7. The number of cyclic esters (lactones) is 2. The van der Waals surface area contributed by atoms with Crippen LogP contribution in [0.3, 0.4) is 0 Å². The lowest BCUT2D eigenvalue weighted by atomic mass is 9.90. The fourth-order valence-corrected chi connectivity index (χ4v) is 6.93. The number of hydrogen-bond donors (Lipinski definition) is 4. The van der Waals surface area contributed by atoms with E-state index in [0.717, 1.165) is 10.5 Å². The smallest absolute Gasteiger partial charge is 0.334 e. The number of allylic oxidation sites excluding steroid dienone is 1. The van der Waals surface area contributed by atoms with Gasteiger partial charge in [0.15, 0.2) is 6.10 Å². The predicted molar refractivity (Wildman–Crippen MR) is 234 cm³/mol. The molecule has 9 atom stereocenters. The summed E-state index contributed by atoms with van der Waals surface area (Å²) >= 11 is 0. The zero-order valence-corrected chi connectivity index (χ0v) is 37.7. The highest BCUT2D eigenvalue weighted by atomic mass is 16.6. The van der Waals surface area contributed by atoms with E-state index >= 15 is 0 Å². The van der Waals surface area contributed by atoms with Crippen LogP contribution in [0.1, 0.15) is 79.4 Å². The van der Waals surface area contributed by atoms with Crippen LogP contribution in [-0.2, 0) is 55.9 Å². The van der Waals surface area contributed by atoms with Crippen molar-refractivity contribution in [3.05, 3.63) is 95.1 Å². The summed E-state index contributed by atoms with van der Waals surface area (Å²) in [5.74, 6) is -5.90. The van der Waals surface area contributed by atoms with E-state index in [1.54, 1.807) is 88.4 Å². The molecule has 5 amide bonds. The van der Waals surface area contributed by atoms with Crippen molar-refractivity contribution in [3.8, 4) is 0 Å². The molecule has 4 N–H and O–H groups in total. The molecule has 0 fully saturated rings. The number of rotatable bonds is 7. The zero-order chi connectivity index (χ0) is 46.3. The molecule has 1 aliphatic rings. The van der Waals surface area contributed by atoms with Gasteiger partial charge in [-0.2, -0.15) is 0 Å². The third kappa shape index (κ3) is 14.4. The first-order chi connectivity index (χ1) is 29.3. The third-order valence-corrected chi connectivity index (χ3v) is 11.4. The van der Waals surface area contributed by atoms with Crippen molar-refractivity contribution in [2.24, 2.45) is 11.8 Å². The highest BCUT2D eigenvalue weighted by Crippen LogP contribution is 2.24. The summed E-state index contributed by atoms with van der Waals surface area (Å²) in [6.07, 6.45) is 0.332. The lowest BCUT2D eigenvalue weighted by Gasteiger charge is -2.33. The Balaban J connectivity index is 2.07. The minimum Gasteiger partial charge on any atom is -0.456 e. The lowest BCUT2D eigenvalue weighted by Crippen LogP contribution is -2.57. The maximum Gasteiger partial charge on any atom is 0.334 e. The number of carbonyl (C=O) groups excluding carboxylic acids is 7.